The van der Waals surface area contributed by atoms with Crippen LogP contribution in [0.1, 0.15) is 16.8 Å². The van der Waals surface area contributed by atoms with Gasteiger partial charge in [0.2, 0.25) is 11.8 Å². The van der Waals surface area contributed by atoms with Crippen molar-refractivity contribution in [1.82, 2.24) is 4.90 Å². The summed E-state index contributed by atoms with van der Waals surface area (Å²) in [5.41, 5.74) is 0.147. The van der Waals surface area contributed by atoms with Crippen molar-refractivity contribution in [1.29, 1.82) is 0 Å². The first kappa shape index (κ1) is 16.6. The van der Waals surface area contributed by atoms with E-state index in [9.17, 15) is 14.4 Å². The van der Waals surface area contributed by atoms with E-state index in [0.29, 0.717) is 6.54 Å². The molecule has 1 aromatic rings. The molecular weight excluding hydrogens is 304 g/mol. The number of rotatable bonds is 5. The Kier molecular flexibility index (Phi) is 4.73. The molecule has 2 amide bonds. The average molecular weight is 322 g/mol. The lowest BCUT2D eigenvalue weighted by molar-refractivity contribution is -0.127. The van der Waals surface area contributed by atoms with E-state index in [-0.39, 0.29) is 41.0 Å². The van der Waals surface area contributed by atoms with E-state index < -0.39 is 11.9 Å². The number of methoxy groups -OCH3 is 2. The van der Waals surface area contributed by atoms with E-state index in [0.717, 1.165) is 0 Å². The summed E-state index contributed by atoms with van der Waals surface area (Å²) in [6.45, 7) is 0.322. The van der Waals surface area contributed by atoms with Crippen molar-refractivity contribution in [2.45, 2.75) is 6.42 Å². The number of nitrogens with one attached hydrogen (secondary N) is 1. The number of amides is 2. The molecule has 8 nitrogen and oxygen atoms in total. The molecule has 124 valence electrons. The lowest BCUT2D eigenvalue weighted by Crippen LogP contribution is -2.26. The van der Waals surface area contributed by atoms with Gasteiger partial charge >= 0.3 is 5.97 Å². The van der Waals surface area contributed by atoms with Gasteiger partial charge in [-0.05, 0) is 12.1 Å². The van der Waals surface area contributed by atoms with Gasteiger partial charge in [0.1, 0.15) is 0 Å². The molecule has 0 saturated carbocycles. The third kappa shape index (κ3) is 3.36. The number of carbonyl (C=O) groups is 3. The van der Waals surface area contributed by atoms with Crippen molar-refractivity contribution < 1.29 is 29.0 Å². The minimum absolute atomic E-state index is 0.0439. The number of anilines is 1. The van der Waals surface area contributed by atoms with Crippen LogP contribution in [-0.2, 0) is 9.59 Å². The second-order valence-electron chi connectivity index (χ2n) is 5.23. The zero-order chi connectivity index (χ0) is 17.1. The Labute approximate surface area is 133 Å². The van der Waals surface area contributed by atoms with Crippen LogP contribution in [0, 0.1) is 5.92 Å². The summed E-state index contributed by atoms with van der Waals surface area (Å²) >= 11 is 0. The maximum atomic E-state index is 12.3. The Morgan fingerprint density at radius 3 is 2.48 bits per heavy atom. The number of carbonyl (C=O) groups excluding carboxylic acids is 2. The van der Waals surface area contributed by atoms with E-state index in [1.54, 1.807) is 7.05 Å². The molecule has 1 saturated heterocycles. The van der Waals surface area contributed by atoms with Gasteiger partial charge in [0.05, 0.1) is 31.4 Å². The minimum Gasteiger partial charge on any atom is -0.493 e. The SMILES string of the molecule is COc1cc(C(=O)O)cc(NC(=O)C2CC(=O)N(C)C2)c1OC. The molecule has 0 spiro atoms. The Morgan fingerprint density at radius 2 is 2.00 bits per heavy atom. The monoisotopic (exact) mass is 322 g/mol. The zero-order valence-corrected chi connectivity index (χ0v) is 13.1. The maximum absolute atomic E-state index is 12.3. The van der Waals surface area contributed by atoms with Crippen molar-refractivity contribution in [2.75, 3.05) is 33.1 Å². The van der Waals surface area contributed by atoms with E-state index in [4.69, 9.17) is 14.6 Å². The van der Waals surface area contributed by atoms with Gasteiger partial charge in [-0.25, -0.2) is 4.79 Å². The second-order valence-corrected chi connectivity index (χ2v) is 5.23. The van der Waals surface area contributed by atoms with E-state index >= 15 is 0 Å². The van der Waals surface area contributed by atoms with Crippen LogP contribution >= 0.6 is 0 Å². The standard InChI is InChI=1S/C15H18N2O6/c1-17-7-9(6-12(17)18)14(19)16-10-4-8(15(20)21)5-11(22-2)13(10)23-3/h4-5,9H,6-7H2,1-3H3,(H,16,19)(H,20,21). The highest BCUT2D eigenvalue weighted by molar-refractivity contribution is 6.00. The highest BCUT2D eigenvalue weighted by atomic mass is 16.5. The lowest BCUT2D eigenvalue weighted by Gasteiger charge is -2.16. The minimum atomic E-state index is -1.16. The number of hydrogen-bond donors (Lipinski definition) is 2. The Bertz CT molecular complexity index is 658. The average Bonchev–Trinajstić information content (AvgIpc) is 2.85. The molecule has 0 bridgehead atoms. The largest absolute Gasteiger partial charge is 0.493 e. The maximum Gasteiger partial charge on any atom is 0.335 e. The molecule has 1 aromatic carbocycles. The summed E-state index contributed by atoms with van der Waals surface area (Å²) in [5, 5.41) is 11.8. The first-order chi connectivity index (χ1) is 10.9. The summed E-state index contributed by atoms with van der Waals surface area (Å²) in [7, 11) is 4.39. The fourth-order valence-electron chi connectivity index (χ4n) is 2.45. The lowest BCUT2D eigenvalue weighted by atomic mass is 10.1. The molecule has 1 heterocycles. The van der Waals surface area contributed by atoms with Gasteiger partial charge in [-0.2, -0.15) is 0 Å². The molecule has 0 radical (unpaired) electrons. The molecule has 0 aromatic heterocycles. The third-order valence-corrected chi connectivity index (χ3v) is 3.70. The van der Waals surface area contributed by atoms with E-state index in [1.807, 2.05) is 0 Å². The van der Waals surface area contributed by atoms with Gasteiger partial charge < -0.3 is 24.8 Å². The number of carboxylic acid groups (broad SMARTS) is 1. The van der Waals surface area contributed by atoms with Crippen LogP contribution < -0.4 is 14.8 Å². The fraction of sp³-hybridized carbons (Fsp3) is 0.400. The number of hydrogen-bond acceptors (Lipinski definition) is 5. The Morgan fingerprint density at radius 1 is 1.30 bits per heavy atom. The Hall–Kier alpha value is -2.77. The van der Waals surface area contributed by atoms with Crippen LogP contribution in [0.25, 0.3) is 0 Å². The van der Waals surface area contributed by atoms with Gasteiger partial charge in [-0.15, -0.1) is 0 Å². The first-order valence-corrected chi connectivity index (χ1v) is 6.91. The molecular formula is C15H18N2O6. The van der Waals surface area contributed by atoms with Gasteiger partial charge in [-0.3, -0.25) is 9.59 Å². The normalized spacial score (nSPS) is 17.1. The number of nitrogens with zero attached hydrogens (tertiary/aromatic N) is 1. The molecule has 1 unspecified atom stereocenters. The van der Waals surface area contributed by atoms with E-state index in [1.165, 1.54) is 31.3 Å². The van der Waals surface area contributed by atoms with Crippen LogP contribution in [0.5, 0.6) is 11.5 Å². The number of benzene rings is 1. The molecule has 2 rings (SSSR count). The van der Waals surface area contributed by atoms with Crippen LogP contribution in [0.2, 0.25) is 0 Å². The van der Waals surface area contributed by atoms with Gasteiger partial charge in [0.15, 0.2) is 11.5 Å². The van der Waals surface area contributed by atoms with Gasteiger partial charge in [-0.1, -0.05) is 0 Å². The topological polar surface area (TPSA) is 105 Å². The van der Waals surface area contributed by atoms with Crippen LogP contribution in [0.3, 0.4) is 0 Å². The Balaban J connectivity index is 2.30. The van der Waals surface area contributed by atoms with Gasteiger partial charge in [0, 0.05) is 20.0 Å². The number of carboxylic acids is 1. The summed E-state index contributed by atoms with van der Waals surface area (Å²) in [6, 6.07) is 2.60. The van der Waals surface area contributed by atoms with Gasteiger partial charge in [0.25, 0.3) is 0 Å². The number of aromatic carboxylic acids is 1. The third-order valence-electron chi connectivity index (χ3n) is 3.70. The molecule has 23 heavy (non-hydrogen) atoms. The fourth-order valence-corrected chi connectivity index (χ4v) is 2.45. The van der Waals surface area contributed by atoms with Crippen LogP contribution in [-0.4, -0.2) is 55.6 Å². The van der Waals surface area contributed by atoms with Crippen molar-refractivity contribution in [3.05, 3.63) is 17.7 Å². The smallest absolute Gasteiger partial charge is 0.335 e. The van der Waals surface area contributed by atoms with E-state index in [2.05, 4.69) is 5.32 Å². The molecule has 2 N–H and O–H groups in total. The van der Waals surface area contributed by atoms with Crippen molar-refractivity contribution in [2.24, 2.45) is 5.92 Å². The summed E-state index contributed by atoms with van der Waals surface area (Å²) < 4.78 is 10.3. The van der Waals surface area contributed by atoms with Crippen LogP contribution in [0.15, 0.2) is 12.1 Å². The second kappa shape index (κ2) is 6.55. The predicted octanol–water partition coefficient (Wildman–Crippen LogP) is 0.819. The van der Waals surface area contributed by atoms with Crippen molar-refractivity contribution >= 4 is 23.5 Å². The summed E-state index contributed by atoms with van der Waals surface area (Å²) in [6.07, 6.45) is 0.125. The molecule has 1 atom stereocenters. The molecule has 1 fully saturated rings. The quantitative estimate of drug-likeness (QED) is 0.831. The number of ether oxygens (including phenoxy) is 2. The molecule has 0 aliphatic carbocycles. The molecule has 1 aliphatic heterocycles. The molecule has 8 heteroatoms. The summed E-state index contributed by atoms with van der Waals surface area (Å²) in [5.74, 6) is -1.70. The summed E-state index contributed by atoms with van der Waals surface area (Å²) in [4.78, 5) is 36.5. The zero-order valence-electron chi connectivity index (χ0n) is 13.1. The van der Waals surface area contributed by atoms with Crippen molar-refractivity contribution in [3.63, 3.8) is 0 Å². The van der Waals surface area contributed by atoms with Crippen LogP contribution in [0.4, 0.5) is 5.69 Å². The first-order valence-electron chi connectivity index (χ1n) is 6.91. The highest BCUT2D eigenvalue weighted by Crippen LogP contribution is 2.37. The molecule has 1 aliphatic rings. The predicted molar refractivity (Wildman–Crippen MR) is 80.9 cm³/mol. The van der Waals surface area contributed by atoms with Crippen molar-refractivity contribution in [3.8, 4) is 11.5 Å². The number of likely N-dealkylation sites (tertiary alicyclic amines) is 1. The highest BCUT2D eigenvalue weighted by Gasteiger charge is 2.32.